The second kappa shape index (κ2) is 8.52. The smallest absolute Gasteiger partial charge is 0.206 e. The lowest BCUT2D eigenvalue weighted by molar-refractivity contribution is 0.120. The quantitative estimate of drug-likeness (QED) is 0.579. The van der Waals surface area contributed by atoms with Crippen molar-refractivity contribution in [3.05, 3.63) is 29.8 Å². The van der Waals surface area contributed by atoms with Crippen LogP contribution in [-0.4, -0.2) is 41.8 Å². The van der Waals surface area contributed by atoms with Gasteiger partial charge >= 0.3 is 0 Å². The molecule has 5 nitrogen and oxygen atoms in total. The molecule has 23 heavy (non-hydrogen) atoms. The van der Waals surface area contributed by atoms with E-state index in [1.165, 1.54) is 5.56 Å². The van der Waals surface area contributed by atoms with Crippen LogP contribution in [0.4, 0.5) is 5.13 Å². The molecule has 1 saturated heterocycles. The fourth-order valence-electron chi connectivity index (χ4n) is 2.34. The zero-order chi connectivity index (χ0) is 15.9. The van der Waals surface area contributed by atoms with Gasteiger partial charge in [-0.2, -0.15) is 0 Å². The van der Waals surface area contributed by atoms with Crippen LogP contribution >= 0.6 is 23.1 Å². The van der Waals surface area contributed by atoms with Gasteiger partial charge in [0.2, 0.25) is 5.13 Å². The van der Waals surface area contributed by atoms with Crippen molar-refractivity contribution in [1.29, 1.82) is 0 Å². The third-order valence-corrected chi connectivity index (χ3v) is 5.46. The molecule has 0 radical (unpaired) electrons. The molecule has 124 valence electrons. The Labute approximate surface area is 144 Å². The van der Waals surface area contributed by atoms with Crippen molar-refractivity contribution in [2.24, 2.45) is 0 Å². The van der Waals surface area contributed by atoms with Gasteiger partial charge in [-0.3, -0.25) is 0 Å². The van der Waals surface area contributed by atoms with Crippen LogP contribution < -0.4 is 10.1 Å². The first kappa shape index (κ1) is 16.5. The standard InChI is InChI=1S/C16H21N3O2S2/c1-12-4-2-5-13(10-12)21-8-9-22-16-19-18-15(23-16)17-11-14-6-3-7-20-14/h2,4-5,10,14H,3,6-9,11H2,1H3,(H,17,18). The first-order valence-electron chi connectivity index (χ1n) is 7.81. The molecule has 3 rings (SSSR count). The second-order valence-electron chi connectivity index (χ2n) is 5.40. The molecule has 1 fully saturated rings. The minimum Gasteiger partial charge on any atom is -0.493 e. The summed E-state index contributed by atoms with van der Waals surface area (Å²) in [6.45, 7) is 4.42. The van der Waals surface area contributed by atoms with Gasteiger partial charge in [0.15, 0.2) is 4.34 Å². The molecule has 1 aliphatic rings. The molecule has 0 saturated carbocycles. The highest BCUT2D eigenvalue weighted by Crippen LogP contribution is 2.26. The molecule has 1 aromatic heterocycles. The molecule has 2 heterocycles. The predicted molar refractivity (Wildman–Crippen MR) is 94.8 cm³/mol. The maximum atomic E-state index is 5.73. The number of benzene rings is 1. The Morgan fingerprint density at radius 2 is 2.39 bits per heavy atom. The number of anilines is 1. The molecule has 1 aliphatic heterocycles. The van der Waals surface area contributed by atoms with E-state index in [4.69, 9.17) is 9.47 Å². The first-order chi connectivity index (χ1) is 11.3. The Morgan fingerprint density at radius 3 is 3.22 bits per heavy atom. The van der Waals surface area contributed by atoms with Crippen molar-refractivity contribution < 1.29 is 9.47 Å². The van der Waals surface area contributed by atoms with E-state index in [0.717, 1.165) is 47.0 Å². The number of rotatable bonds is 8. The van der Waals surface area contributed by atoms with E-state index in [2.05, 4.69) is 28.5 Å². The van der Waals surface area contributed by atoms with Crippen LogP contribution in [0.5, 0.6) is 5.75 Å². The second-order valence-corrected chi connectivity index (χ2v) is 7.72. The van der Waals surface area contributed by atoms with Crippen LogP contribution in [0.1, 0.15) is 18.4 Å². The minimum atomic E-state index is 0.317. The fraction of sp³-hybridized carbons (Fsp3) is 0.500. The highest BCUT2D eigenvalue weighted by molar-refractivity contribution is 8.01. The highest BCUT2D eigenvalue weighted by atomic mass is 32.2. The number of aromatic nitrogens is 2. The maximum absolute atomic E-state index is 5.73. The van der Waals surface area contributed by atoms with E-state index in [1.807, 2.05) is 18.2 Å². The van der Waals surface area contributed by atoms with Crippen LogP contribution in [0.25, 0.3) is 0 Å². The SMILES string of the molecule is Cc1cccc(OCCSc2nnc(NCC3CCCO3)s2)c1. The predicted octanol–water partition coefficient (Wildman–Crippen LogP) is 3.61. The molecule has 0 bridgehead atoms. The van der Waals surface area contributed by atoms with Gasteiger partial charge in [0.1, 0.15) is 5.75 Å². The lowest BCUT2D eigenvalue weighted by Crippen LogP contribution is -2.18. The van der Waals surface area contributed by atoms with Gasteiger partial charge in [0.25, 0.3) is 0 Å². The Hall–Kier alpha value is -1.31. The lowest BCUT2D eigenvalue weighted by Gasteiger charge is -2.08. The van der Waals surface area contributed by atoms with Crippen molar-refractivity contribution in [2.75, 3.05) is 30.8 Å². The number of nitrogens with zero attached hydrogens (tertiary/aromatic N) is 2. The summed E-state index contributed by atoms with van der Waals surface area (Å²) in [6.07, 6.45) is 2.60. The molecular formula is C16H21N3O2S2. The lowest BCUT2D eigenvalue weighted by atomic mass is 10.2. The molecule has 1 N–H and O–H groups in total. The number of ether oxygens (including phenoxy) is 2. The highest BCUT2D eigenvalue weighted by Gasteiger charge is 2.15. The van der Waals surface area contributed by atoms with Gasteiger partial charge in [0.05, 0.1) is 12.7 Å². The Balaban J connectivity index is 1.35. The van der Waals surface area contributed by atoms with E-state index >= 15 is 0 Å². The van der Waals surface area contributed by atoms with Gasteiger partial charge in [0, 0.05) is 18.9 Å². The van der Waals surface area contributed by atoms with E-state index in [9.17, 15) is 0 Å². The molecule has 0 spiro atoms. The molecule has 1 atom stereocenters. The summed E-state index contributed by atoms with van der Waals surface area (Å²) in [6, 6.07) is 8.10. The summed E-state index contributed by atoms with van der Waals surface area (Å²) in [5.74, 6) is 1.77. The number of hydrogen-bond acceptors (Lipinski definition) is 7. The van der Waals surface area contributed by atoms with E-state index in [1.54, 1.807) is 23.1 Å². The molecular weight excluding hydrogens is 330 g/mol. The van der Waals surface area contributed by atoms with E-state index in [-0.39, 0.29) is 0 Å². The number of aryl methyl sites for hydroxylation is 1. The summed E-state index contributed by atoms with van der Waals surface area (Å²) in [5.41, 5.74) is 1.21. The van der Waals surface area contributed by atoms with Crippen molar-refractivity contribution in [3.8, 4) is 5.75 Å². The van der Waals surface area contributed by atoms with E-state index in [0.29, 0.717) is 12.7 Å². The Kier molecular flexibility index (Phi) is 6.13. The first-order valence-corrected chi connectivity index (χ1v) is 9.61. The summed E-state index contributed by atoms with van der Waals surface area (Å²) in [4.78, 5) is 0. The summed E-state index contributed by atoms with van der Waals surface area (Å²) < 4.78 is 12.3. The largest absolute Gasteiger partial charge is 0.493 e. The van der Waals surface area contributed by atoms with Crippen LogP contribution in [0, 0.1) is 6.92 Å². The topological polar surface area (TPSA) is 56.3 Å². The molecule has 7 heteroatoms. The number of hydrogen-bond donors (Lipinski definition) is 1. The molecule has 0 amide bonds. The van der Waals surface area contributed by atoms with Gasteiger partial charge in [-0.05, 0) is 37.5 Å². The third kappa shape index (κ3) is 5.37. The average molecular weight is 351 g/mol. The van der Waals surface area contributed by atoms with Gasteiger partial charge in [-0.1, -0.05) is 35.2 Å². The Morgan fingerprint density at radius 1 is 1.43 bits per heavy atom. The van der Waals surface area contributed by atoms with Crippen LogP contribution in [0.15, 0.2) is 28.6 Å². The minimum absolute atomic E-state index is 0.317. The average Bonchev–Trinajstić information content (AvgIpc) is 3.21. The molecule has 1 unspecified atom stereocenters. The molecule has 0 aliphatic carbocycles. The van der Waals surface area contributed by atoms with Crippen molar-refractivity contribution in [3.63, 3.8) is 0 Å². The number of thioether (sulfide) groups is 1. The normalized spacial score (nSPS) is 17.3. The summed E-state index contributed by atoms with van der Waals surface area (Å²) in [7, 11) is 0. The van der Waals surface area contributed by atoms with Crippen LogP contribution in [0.2, 0.25) is 0 Å². The Bertz CT molecular complexity index is 615. The number of nitrogens with one attached hydrogen (secondary N) is 1. The zero-order valence-electron chi connectivity index (χ0n) is 13.2. The van der Waals surface area contributed by atoms with Crippen molar-refractivity contribution in [2.45, 2.75) is 30.2 Å². The maximum Gasteiger partial charge on any atom is 0.206 e. The summed E-state index contributed by atoms with van der Waals surface area (Å²) in [5, 5.41) is 12.5. The van der Waals surface area contributed by atoms with E-state index < -0.39 is 0 Å². The monoisotopic (exact) mass is 351 g/mol. The van der Waals surface area contributed by atoms with Gasteiger partial charge in [-0.25, -0.2) is 0 Å². The van der Waals surface area contributed by atoms with Gasteiger partial charge < -0.3 is 14.8 Å². The molecule has 1 aromatic carbocycles. The third-order valence-electron chi connectivity index (χ3n) is 3.48. The summed E-state index contributed by atoms with van der Waals surface area (Å²) >= 11 is 3.25. The zero-order valence-corrected chi connectivity index (χ0v) is 14.8. The fourth-order valence-corrected chi connectivity index (χ4v) is 3.99. The van der Waals surface area contributed by atoms with Crippen LogP contribution in [-0.2, 0) is 4.74 Å². The van der Waals surface area contributed by atoms with Crippen LogP contribution in [0.3, 0.4) is 0 Å². The molecule has 2 aromatic rings. The van der Waals surface area contributed by atoms with Crippen molar-refractivity contribution in [1.82, 2.24) is 10.2 Å². The van der Waals surface area contributed by atoms with Gasteiger partial charge in [-0.15, -0.1) is 10.2 Å². The van der Waals surface area contributed by atoms with Crippen molar-refractivity contribution >= 4 is 28.2 Å².